The van der Waals surface area contributed by atoms with Gasteiger partial charge in [-0.3, -0.25) is 4.79 Å². The lowest BCUT2D eigenvalue weighted by atomic mass is 9.75. The zero-order chi connectivity index (χ0) is 14.9. The Bertz CT molecular complexity index is 561. The van der Waals surface area contributed by atoms with Gasteiger partial charge < -0.3 is 10.1 Å². The minimum absolute atomic E-state index is 0.00565. The Morgan fingerprint density at radius 3 is 2.85 bits per heavy atom. The van der Waals surface area contributed by atoms with Gasteiger partial charge in [0.05, 0.1) is 6.61 Å². The maximum atomic E-state index is 14.0. The van der Waals surface area contributed by atoms with E-state index in [1.54, 1.807) is 13.8 Å². The summed E-state index contributed by atoms with van der Waals surface area (Å²) >= 11 is 0. The Hall–Kier alpha value is -1.98. The fraction of sp³-hybridized carbons (Fsp3) is 0.429. The lowest BCUT2D eigenvalue weighted by Crippen LogP contribution is -2.46. The number of benzene rings is 1. The van der Waals surface area contributed by atoms with Crippen LogP contribution in [-0.4, -0.2) is 24.5 Å². The van der Waals surface area contributed by atoms with E-state index in [0.717, 1.165) is 18.2 Å². The molecule has 0 saturated carbocycles. The average molecular weight is 283 g/mol. The predicted molar refractivity (Wildman–Crippen MR) is 66.9 cm³/mol. The number of hydrogen-bond donors (Lipinski definition) is 1. The third-order valence-corrected chi connectivity index (χ3v) is 3.54. The Labute approximate surface area is 115 Å². The first-order valence-corrected chi connectivity index (χ1v) is 6.30. The van der Waals surface area contributed by atoms with Crippen molar-refractivity contribution in [1.82, 2.24) is 5.32 Å². The van der Waals surface area contributed by atoms with Gasteiger partial charge in [0.2, 0.25) is 5.91 Å². The van der Waals surface area contributed by atoms with Gasteiger partial charge in [0.25, 0.3) is 0 Å². The average Bonchev–Trinajstić information content (AvgIpc) is 2.69. The molecule has 1 fully saturated rings. The highest BCUT2D eigenvalue weighted by Gasteiger charge is 2.50. The van der Waals surface area contributed by atoms with Gasteiger partial charge in [0, 0.05) is 11.8 Å². The second kappa shape index (κ2) is 5.19. The lowest BCUT2D eigenvalue weighted by molar-refractivity contribution is -0.147. The Balaban J connectivity index is 2.46. The molecular formula is C14H15F2NO3. The van der Waals surface area contributed by atoms with Crippen molar-refractivity contribution < 1.29 is 23.1 Å². The van der Waals surface area contributed by atoms with E-state index in [-0.39, 0.29) is 18.6 Å². The Morgan fingerprint density at radius 2 is 2.20 bits per heavy atom. The third kappa shape index (κ3) is 2.37. The molecule has 2 atom stereocenters. The van der Waals surface area contributed by atoms with Crippen LogP contribution in [0.25, 0.3) is 0 Å². The maximum absolute atomic E-state index is 14.0. The molecule has 2 unspecified atom stereocenters. The minimum Gasteiger partial charge on any atom is -0.464 e. The molecule has 0 spiro atoms. The Morgan fingerprint density at radius 1 is 1.50 bits per heavy atom. The third-order valence-electron chi connectivity index (χ3n) is 3.54. The second-order valence-corrected chi connectivity index (χ2v) is 4.97. The summed E-state index contributed by atoms with van der Waals surface area (Å²) in [5.41, 5.74) is -1.18. The monoisotopic (exact) mass is 283 g/mol. The second-order valence-electron chi connectivity index (χ2n) is 4.97. The molecule has 108 valence electrons. The van der Waals surface area contributed by atoms with Gasteiger partial charge in [0.1, 0.15) is 17.7 Å². The van der Waals surface area contributed by atoms with E-state index in [0.29, 0.717) is 0 Å². The fourth-order valence-electron chi connectivity index (χ4n) is 2.54. The molecule has 1 heterocycles. The first-order valence-electron chi connectivity index (χ1n) is 6.30. The van der Waals surface area contributed by atoms with E-state index < -0.39 is 35.0 Å². The number of ether oxygens (including phenoxy) is 1. The number of hydrogen-bond acceptors (Lipinski definition) is 3. The summed E-state index contributed by atoms with van der Waals surface area (Å²) in [5.74, 6) is -2.32. The number of nitrogens with one attached hydrogen (secondary N) is 1. The SMILES string of the molecule is CCOC(=O)C1NC(=O)CC1(C)c1cc(F)ccc1F. The molecule has 1 N–H and O–H groups in total. The van der Waals surface area contributed by atoms with Crippen LogP contribution in [-0.2, 0) is 19.7 Å². The van der Waals surface area contributed by atoms with Crippen molar-refractivity contribution in [2.24, 2.45) is 0 Å². The summed E-state index contributed by atoms with van der Waals surface area (Å²) in [6.07, 6.45) is -0.100. The zero-order valence-corrected chi connectivity index (χ0v) is 11.2. The standard InChI is InChI=1S/C14H15F2NO3/c1-3-20-13(19)12-14(2,7-11(18)17-12)9-6-8(15)4-5-10(9)16/h4-6,12H,3,7H2,1-2H3,(H,17,18). The van der Waals surface area contributed by atoms with Crippen LogP contribution in [0.1, 0.15) is 25.8 Å². The molecule has 20 heavy (non-hydrogen) atoms. The van der Waals surface area contributed by atoms with Crippen LogP contribution in [0.5, 0.6) is 0 Å². The molecule has 1 aromatic carbocycles. The topological polar surface area (TPSA) is 55.4 Å². The first-order chi connectivity index (χ1) is 9.38. The van der Waals surface area contributed by atoms with Crippen LogP contribution in [0.4, 0.5) is 8.78 Å². The van der Waals surface area contributed by atoms with E-state index in [1.807, 2.05) is 0 Å². The summed E-state index contributed by atoms with van der Waals surface area (Å²) in [6.45, 7) is 3.33. The largest absolute Gasteiger partial charge is 0.464 e. The molecule has 0 aliphatic carbocycles. The van der Waals surface area contributed by atoms with Crippen molar-refractivity contribution in [2.45, 2.75) is 31.7 Å². The van der Waals surface area contributed by atoms with Gasteiger partial charge in [-0.05, 0) is 30.7 Å². The molecule has 1 aromatic rings. The van der Waals surface area contributed by atoms with Crippen LogP contribution in [0.2, 0.25) is 0 Å². The van der Waals surface area contributed by atoms with Crippen LogP contribution < -0.4 is 5.32 Å². The highest BCUT2D eigenvalue weighted by molar-refractivity contribution is 5.91. The van der Waals surface area contributed by atoms with Crippen LogP contribution >= 0.6 is 0 Å². The van der Waals surface area contributed by atoms with Crippen molar-refractivity contribution in [3.05, 3.63) is 35.4 Å². The van der Waals surface area contributed by atoms with Crippen LogP contribution in [0.15, 0.2) is 18.2 Å². The van der Waals surface area contributed by atoms with Gasteiger partial charge in [-0.15, -0.1) is 0 Å². The number of carbonyl (C=O) groups excluding carboxylic acids is 2. The number of halogens is 2. The van der Waals surface area contributed by atoms with E-state index >= 15 is 0 Å². The fourth-order valence-corrected chi connectivity index (χ4v) is 2.54. The lowest BCUT2D eigenvalue weighted by Gasteiger charge is -2.29. The highest BCUT2D eigenvalue weighted by Crippen LogP contribution is 2.38. The van der Waals surface area contributed by atoms with Crippen LogP contribution in [0.3, 0.4) is 0 Å². The molecule has 1 amide bonds. The Kier molecular flexibility index (Phi) is 3.74. The minimum atomic E-state index is -1.17. The molecule has 0 aromatic heterocycles. The van der Waals surface area contributed by atoms with Gasteiger partial charge in [-0.2, -0.15) is 0 Å². The summed E-state index contributed by atoms with van der Waals surface area (Å²) in [7, 11) is 0. The normalized spacial score (nSPS) is 25.4. The number of rotatable bonds is 3. The molecule has 0 radical (unpaired) electrons. The molecule has 4 nitrogen and oxygen atoms in total. The van der Waals surface area contributed by atoms with Gasteiger partial charge in [-0.25, -0.2) is 13.6 Å². The summed E-state index contributed by atoms with van der Waals surface area (Å²) < 4.78 is 32.2. The molecule has 2 rings (SSSR count). The molecule has 1 saturated heterocycles. The smallest absolute Gasteiger partial charge is 0.329 e. The van der Waals surface area contributed by atoms with Gasteiger partial charge >= 0.3 is 5.97 Å². The molecule has 6 heteroatoms. The number of carbonyl (C=O) groups is 2. The summed E-state index contributed by atoms with van der Waals surface area (Å²) in [4.78, 5) is 23.5. The number of amides is 1. The van der Waals surface area contributed by atoms with E-state index in [1.165, 1.54) is 0 Å². The predicted octanol–water partition coefficient (Wildman–Crippen LogP) is 1.67. The van der Waals surface area contributed by atoms with Crippen LogP contribution in [0, 0.1) is 11.6 Å². The molecule has 1 aliphatic heterocycles. The van der Waals surface area contributed by atoms with Crippen molar-refractivity contribution >= 4 is 11.9 Å². The molecule has 1 aliphatic rings. The van der Waals surface area contributed by atoms with Crippen molar-refractivity contribution in [2.75, 3.05) is 6.61 Å². The number of esters is 1. The van der Waals surface area contributed by atoms with Crippen molar-refractivity contribution in [3.8, 4) is 0 Å². The quantitative estimate of drug-likeness (QED) is 0.859. The summed E-state index contributed by atoms with van der Waals surface area (Å²) in [5, 5.41) is 2.47. The van der Waals surface area contributed by atoms with Gasteiger partial charge in [0.15, 0.2) is 0 Å². The van der Waals surface area contributed by atoms with E-state index in [4.69, 9.17) is 4.74 Å². The van der Waals surface area contributed by atoms with Crippen molar-refractivity contribution in [3.63, 3.8) is 0 Å². The van der Waals surface area contributed by atoms with Gasteiger partial charge in [-0.1, -0.05) is 6.92 Å². The van der Waals surface area contributed by atoms with Crippen molar-refractivity contribution in [1.29, 1.82) is 0 Å². The van der Waals surface area contributed by atoms with E-state index in [9.17, 15) is 18.4 Å². The maximum Gasteiger partial charge on any atom is 0.329 e. The first kappa shape index (κ1) is 14.4. The van der Waals surface area contributed by atoms with E-state index in [2.05, 4.69) is 5.32 Å². The zero-order valence-electron chi connectivity index (χ0n) is 11.2. The molecule has 0 bridgehead atoms. The molecular weight excluding hydrogens is 268 g/mol. The highest BCUT2D eigenvalue weighted by atomic mass is 19.1. The summed E-state index contributed by atoms with van der Waals surface area (Å²) in [6, 6.07) is 1.97.